The number of hydrogen-bond donors (Lipinski definition) is 1. The second-order valence-electron chi connectivity index (χ2n) is 7.19. The number of ether oxygens (including phenoxy) is 1. The van der Waals surface area contributed by atoms with Crippen molar-refractivity contribution in [3.05, 3.63) is 29.1 Å². The number of carbonyl (C=O) groups is 1. The molecule has 1 saturated heterocycles. The van der Waals surface area contributed by atoms with E-state index in [1.807, 2.05) is 46.8 Å². The van der Waals surface area contributed by atoms with E-state index in [4.69, 9.17) is 4.74 Å². The molecule has 5 heteroatoms. The molecule has 0 unspecified atom stereocenters. The van der Waals surface area contributed by atoms with Crippen LogP contribution in [0.25, 0.3) is 0 Å². The van der Waals surface area contributed by atoms with Crippen molar-refractivity contribution in [2.24, 2.45) is 5.92 Å². The molecule has 0 spiro atoms. The quantitative estimate of drug-likeness (QED) is 0.911. The number of aliphatic hydroxyl groups is 1. The van der Waals surface area contributed by atoms with Crippen LogP contribution in [0.4, 0.5) is 4.79 Å². The lowest BCUT2D eigenvalue weighted by Gasteiger charge is -2.24. The third-order valence-electron chi connectivity index (χ3n) is 3.68. The fourth-order valence-corrected chi connectivity index (χ4v) is 2.83. The van der Waals surface area contributed by atoms with E-state index in [-0.39, 0.29) is 12.0 Å². The van der Waals surface area contributed by atoms with E-state index >= 15 is 0 Å². The Morgan fingerprint density at radius 3 is 2.64 bits per heavy atom. The summed E-state index contributed by atoms with van der Waals surface area (Å²) in [5.41, 5.74) is 2.59. The van der Waals surface area contributed by atoms with Crippen molar-refractivity contribution < 1.29 is 14.6 Å². The third-order valence-corrected chi connectivity index (χ3v) is 3.68. The van der Waals surface area contributed by atoms with E-state index in [0.717, 1.165) is 11.4 Å². The molecule has 1 amide bonds. The van der Waals surface area contributed by atoms with Crippen LogP contribution in [0.15, 0.2) is 12.1 Å². The van der Waals surface area contributed by atoms with Crippen LogP contribution in [0, 0.1) is 19.8 Å². The predicted molar refractivity (Wildman–Crippen MR) is 84.7 cm³/mol. The van der Waals surface area contributed by atoms with Crippen LogP contribution in [-0.2, 0) is 11.2 Å². The molecule has 2 heterocycles. The first-order valence-electron chi connectivity index (χ1n) is 7.74. The molecule has 0 bridgehead atoms. The van der Waals surface area contributed by atoms with Crippen molar-refractivity contribution in [1.82, 2.24) is 9.88 Å². The van der Waals surface area contributed by atoms with Gasteiger partial charge in [-0.05, 0) is 58.7 Å². The van der Waals surface area contributed by atoms with E-state index in [1.54, 1.807) is 4.90 Å². The highest BCUT2D eigenvalue weighted by atomic mass is 16.6. The average Bonchev–Trinajstić information content (AvgIpc) is 2.67. The molecule has 1 aromatic heterocycles. The summed E-state index contributed by atoms with van der Waals surface area (Å²) in [7, 11) is 0. The first-order chi connectivity index (χ1) is 10.1. The molecule has 1 aliphatic rings. The molecule has 0 aliphatic carbocycles. The van der Waals surface area contributed by atoms with Crippen molar-refractivity contribution >= 4 is 6.09 Å². The lowest BCUT2D eigenvalue weighted by atomic mass is 9.99. The topological polar surface area (TPSA) is 62.7 Å². The monoisotopic (exact) mass is 306 g/mol. The van der Waals surface area contributed by atoms with Gasteiger partial charge < -0.3 is 14.7 Å². The lowest BCUT2D eigenvalue weighted by Crippen LogP contribution is -2.35. The summed E-state index contributed by atoms with van der Waals surface area (Å²) < 4.78 is 5.37. The van der Waals surface area contributed by atoms with Crippen molar-refractivity contribution in [3.8, 4) is 0 Å². The molecule has 122 valence electrons. The van der Waals surface area contributed by atoms with Crippen molar-refractivity contribution in [2.75, 3.05) is 13.1 Å². The number of aryl methyl sites for hydroxylation is 2. The molecule has 1 N–H and O–H groups in total. The highest BCUT2D eigenvalue weighted by Crippen LogP contribution is 2.23. The van der Waals surface area contributed by atoms with Crippen LogP contribution in [0.1, 0.15) is 37.7 Å². The molecule has 0 radical (unpaired) electrons. The number of carbonyl (C=O) groups excluding carboxylic acids is 1. The Morgan fingerprint density at radius 2 is 2.05 bits per heavy atom. The van der Waals surface area contributed by atoms with Gasteiger partial charge in [0.25, 0.3) is 0 Å². The van der Waals surface area contributed by atoms with Gasteiger partial charge in [0, 0.05) is 23.9 Å². The van der Waals surface area contributed by atoms with Gasteiger partial charge in [-0.25, -0.2) is 4.79 Å². The van der Waals surface area contributed by atoms with E-state index in [9.17, 15) is 9.90 Å². The number of pyridine rings is 1. The maximum Gasteiger partial charge on any atom is 0.410 e. The smallest absolute Gasteiger partial charge is 0.410 e. The third kappa shape index (κ3) is 4.44. The highest BCUT2D eigenvalue weighted by Gasteiger charge is 2.36. The zero-order chi connectivity index (χ0) is 16.5. The Hall–Kier alpha value is -1.62. The second kappa shape index (κ2) is 6.24. The van der Waals surface area contributed by atoms with Gasteiger partial charge in [-0.3, -0.25) is 4.98 Å². The molecule has 22 heavy (non-hydrogen) atoms. The average molecular weight is 306 g/mol. The minimum Gasteiger partial charge on any atom is -0.444 e. The second-order valence-corrected chi connectivity index (χ2v) is 7.19. The van der Waals surface area contributed by atoms with E-state index in [0.29, 0.717) is 19.5 Å². The fraction of sp³-hybridized carbons (Fsp3) is 0.647. The first-order valence-corrected chi connectivity index (χ1v) is 7.74. The van der Waals surface area contributed by atoms with Crippen molar-refractivity contribution in [3.63, 3.8) is 0 Å². The number of rotatable bonds is 2. The van der Waals surface area contributed by atoms with Crippen molar-refractivity contribution in [2.45, 2.75) is 52.7 Å². The Balaban J connectivity index is 2.00. The van der Waals surface area contributed by atoms with Gasteiger partial charge >= 0.3 is 6.09 Å². The summed E-state index contributed by atoms with van der Waals surface area (Å²) in [6, 6.07) is 4.07. The number of hydrogen-bond acceptors (Lipinski definition) is 4. The summed E-state index contributed by atoms with van der Waals surface area (Å²) in [4.78, 5) is 18.2. The standard InChI is InChI=1S/C17H26N2O3/c1-11-6-12(2)18-14(7-11)8-13-9-19(10-15(13)20)16(21)22-17(3,4)5/h6-7,13,15,20H,8-10H2,1-5H3/t13-,15+/m0/s1. The normalized spacial score (nSPS) is 22.0. The van der Waals surface area contributed by atoms with Crippen LogP contribution in [0.5, 0.6) is 0 Å². The summed E-state index contributed by atoms with van der Waals surface area (Å²) in [6.07, 6.45) is -0.222. The Morgan fingerprint density at radius 1 is 1.36 bits per heavy atom. The van der Waals surface area contributed by atoms with Gasteiger partial charge in [0.2, 0.25) is 0 Å². The summed E-state index contributed by atoms with van der Waals surface area (Å²) in [5, 5.41) is 10.2. The van der Waals surface area contributed by atoms with Gasteiger partial charge in [-0.1, -0.05) is 0 Å². The van der Waals surface area contributed by atoms with Gasteiger partial charge in [-0.2, -0.15) is 0 Å². The van der Waals surface area contributed by atoms with E-state index in [1.165, 1.54) is 5.56 Å². The maximum absolute atomic E-state index is 12.1. The summed E-state index contributed by atoms with van der Waals surface area (Å²) >= 11 is 0. The molecular weight excluding hydrogens is 280 g/mol. The zero-order valence-corrected chi connectivity index (χ0v) is 14.1. The van der Waals surface area contributed by atoms with E-state index < -0.39 is 11.7 Å². The molecule has 1 aliphatic heterocycles. The number of likely N-dealkylation sites (tertiary alicyclic amines) is 1. The number of aliphatic hydroxyl groups excluding tert-OH is 1. The van der Waals surface area contributed by atoms with Gasteiger partial charge in [-0.15, -0.1) is 0 Å². The summed E-state index contributed by atoms with van der Waals surface area (Å²) in [5.74, 6) is 0.00113. The lowest BCUT2D eigenvalue weighted by molar-refractivity contribution is 0.0269. The van der Waals surface area contributed by atoms with E-state index in [2.05, 4.69) is 4.98 Å². The summed E-state index contributed by atoms with van der Waals surface area (Å²) in [6.45, 7) is 10.4. The van der Waals surface area contributed by atoms with Crippen LogP contribution in [0.2, 0.25) is 0 Å². The zero-order valence-electron chi connectivity index (χ0n) is 14.1. The van der Waals surface area contributed by atoms with Gasteiger partial charge in [0.05, 0.1) is 12.6 Å². The maximum atomic E-state index is 12.1. The molecule has 1 fully saturated rings. The van der Waals surface area contributed by atoms with Crippen molar-refractivity contribution in [1.29, 1.82) is 0 Å². The van der Waals surface area contributed by atoms with Crippen LogP contribution >= 0.6 is 0 Å². The predicted octanol–water partition coefficient (Wildman–Crippen LogP) is 2.47. The number of nitrogens with zero attached hydrogens (tertiary/aromatic N) is 2. The van der Waals surface area contributed by atoms with Crippen LogP contribution in [0.3, 0.4) is 0 Å². The minimum atomic E-state index is -0.532. The molecule has 0 saturated carbocycles. The molecule has 1 aromatic rings. The van der Waals surface area contributed by atoms with Crippen LogP contribution in [-0.4, -0.2) is 45.9 Å². The largest absolute Gasteiger partial charge is 0.444 e. The Labute approximate surface area is 132 Å². The Kier molecular flexibility index (Phi) is 4.75. The SMILES string of the molecule is Cc1cc(C)nc(C[C@H]2CN(C(=O)OC(C)(C)C)C[C@H]2O)c1. The molecule has 5 nitrogen and oxygen atoms in total. The fourth-order valence-electron chi connectivity index (χ4n) is 2.83. The highest BCUT2D eigenvalue weighted by molar-refractivity contribution is 5.68. The molecule has 2 atom stereocenters. The Bertz CT molecular complexity index is 531. The molecule has 0 aromatic carbocycles. The number of β-amino-alcohol motifs (C(OH)–C–C–N with tert-alkyl or cyclic N) is 1. The van der Waals surface area contributed by atoms with Gasteiger partial charge in [0.1, 0.15) is 5.60 Å². The van der Waals surface area contributed by atoms with Gasteiger partial charge in [0.15, 0.2) is 0 Å². The molecular formula is C17H26N2O3. The first kappa shape index (κ1) is 16.7. The van der Waals surface area contributed by atoms with Crippen LogP contribution < -0.4 is 0 Å². The molecule has 2 rings (SSSR count). The minimum absolute atomic E-state index is 0.00113. The number of amides is 1. The number of aromatic nitrogens is 1.